The Balaban J connectivity index is 1.35. The van der Waals surface area contributed by atoms with Gasteiger partial charge in [0.05, 0.1) is 7.11 Å². The Morgan fingerprint density at radius 1 is 0.625 bits per heavy atom. The molecule has 0 unspecified atom stereocenters. The number of benzene rings is 3. The number of rotatable bonds is 3. The van der Waals surface area contributed by atoms with E-state index in [-0.39, 0.29) is 0 Å². The van der Waals surface area contributed by atoms with E-state index in [0.29, 0.717) is 0 Å². The highest BCUT2D eigenvalue weighted by Gasteiger charge is 2.14. The lowest BCUT2D eigenvalue weighted by Crippen LogP contribution is -1.82. The van der Waals surface area contributed by atoms with Crippen LogP contribution < -0.4 is 4.74 Å². The molecule has 0 N–H and O–H groups in total. The van der Waals surface area contributed by atoms with Crippen LogP contribution in [0.25, 0.3) is 64.8 Å². The Bertz CT molecular complexity index is 1780. The van der Waals surface area contributed by atoms with E-state index in [4.69, 9.17) is 13.6 Å². The molecule has 4 aromatic heterocycles. The summed E-state index contributed by atoms with van der Waals surface area (Å²) in [5, 5.41) is 7.50. The van der Waals surface area contributed by atoms with E-state index < -0.39 is 0 Å². The van der Waals surface area contributed by atoms with E-state index in [1.54, 1.807) is 18.4 Å². The van der Waals surface area contributed by atoms with Gasteiger partial charge in [0.1, 0.15) is 11.2 Å². The number of fused-ring (bicyclic) bond motifs is 6. The Kier molecular flexibility index (Phi) is 3.80. The summed E-state index contributed by atoms with van der Waals surface area (Å²) < 4.78 is 17.4. The fraction of sp³-hybridized carbons (Fsp3) is 0.0370. The van der Waals surface area contributed by atoms with Crippen LogP contribution in [0.4, 0.5) is 0 Å². The third-order valence-electron chi connectivity index (χ3n) is 5.98. The van der Waals surface area contributed by atoms with Crippen molar-refractivity contribution >= 4 is 65.2 Å². The molecule has 32 heavy (non-hydrogen) atoms. The number of thiophene rings is 2. The van der Waals surface area contributed by atoms with Crippen LogP contribution in [0, 0.1) is 0 Å². The molecule has 5 heteroatoms. The van der Waals surface area contributed by atoms with Crippen molar-refractivity contribution in [1.82, 2.24) is 0 Å². The van der Waals surface area contributed by atoms with E-state index in [1.165, 1.54) is 33.4 Å². The van der Waals surface area contributed by atoms with Gasteiger partial charge in [0.2, 0.25) is 0 Å². The minimum absolute atomic E-state index is 0.863. The standard InChI is InChI=1S/C27H16O3S2/c1-28-25-14-22-21-13-18(6-8-24(21)30-27(22)32-25)16-4-2-3-15(11-16)17-5-7-23-20(12-17)19-9-10-31-26(19)29-23/h2-14H,1H3. The minimum atomic E-state index is 0.863. The van der Waals surface area contributed by atoms with E-state index in [1.807, 2.05) is 0 Å². The lowest BCUT2D eigenvalue weighted by atomic mass is 9.97. The van der Waals surface area contributed by atoms with Crippen molar-refractivity contribution in [3.8, 4) is 27.3 Å². The summed E-state index contributed by atoms with van der Waals surface area (Å²) in [6, 6.07) is 25.7. The van der Waals surface area contributed by atoms with Crippen LogP contribution in [0.1, 0.15) is 0 Å². The Morgan fingerprint density at radius 3 is 2.00 bits per heavy atom. The molecule has 7 aromatic rings. The molecule has 0 aliphatic rings. The van der Waals surface area contributed by atoms with Gasteiger partial charge in [0, 0.05) is 27.6 Å². The Morgan fingerprint density at radius 2 is 1.28 bits per heavy atom. The minimum Gasteiger partial charge on any atom is -0.487 e. The second kappa shape index (κ2) is 6.73. The van der Waals surface area contributed by atoms with Gasteiger partial charge in [-0.1, -0.05) is 41.7 Å². The first kappa shape index (κ1) is 18.1. The van der Waals surface area contributed by atoms with Crippen molar-refractivity contribution in [1.29, 1.82) is 0 Å². The molecule has 7 rings (SSSR count). The second-order valence-corrected chi connectivity index (χ2v) is 9.66. The van der Waals surface area contributed by atoms with Gasteiger partial charge in [-0.3, -0.25) is 0 Å². The summed E-state index contributed by atoms with van der Waals surface area (Å²) >= 11 is 3.17. The summed E-state index contributed by atoms with van der Waals surface area (Å²) in [4.78, 5) is 1.88. The molecule has 0 spiro atoms. The molecule has 0 fully saturated rings. The quantitative estimate of drug-likeness (QED) is 0.268. The first-order valence-electron chi connectivity index (χ1n) is 10.3. The maximum absolute atomic E-state index is 6.01. The molecule has 0 radical (unpaired) electrons. The van der Waals surface area contributed by atoms with Crippen LogP contribution in [-0.4, -0.2) is 7.11 Å². The number of hydrogen-bond donors (Lipinski definition) is 0. The van der Waals surface area contributed by atoms with Crippen molar-refractivity contribution in [2.75, 3.05) is 7.11 Å². The number of ether oxygens (including phenoxy) is 1. The number of hydrogen-bond acceptors (Lipinski definition) is 5. The van der Waals surface area contributed by atoms with Crippen molar-refractivity contribution in [2.45, 2.75) is 0 Å². The zero-order chi connectivity index (χ0) is 21.2. The molecule has 3 nitrogen and oxygen atoms in total. The molecule has 0 atom stereocenters. The molecule has 0 aliphatic carbocycles. The first-order chi connectivity index (χ1) is 15.8. The molecule has 0 saturated heterocycles. The molecule has 0 bridgehead atoms. The summed E-state index contributed by atoms with van der Waals surface area (Å²) in [6.45, 7) is 0. The van der Waals surface area contributed by atoms with Gasteiger partial charge in [-0.25, -0.2) is 0 Å². The summed E-state index contributed by atoms with van der Waals surface area (Å²) in [5.74, 6) is 0. The summed E-state index contributed by atoms with van der Waals surface area (Å²) in [5.41, 5.74) is 6.54. The maximum Gasteiger partial charge on any atom is 0.192 e. The fourth-order valence-corrected chi connectivity index (χ4v) is 6.01. The first-order valence-corrected chi connectivity index (χ1v) is 12.0. The molecule has 0 aliphatic heterocycles. The van der Waals surface area contributed by atoms with E-state index >= 15 is 0 Å². The van der Waals surface area contributed by atoms with Gasteiger partial charge in [-0.2, -0.15) is 0 Å². The van der Waals surface area contributed by atoms with Crippen molar-refractivity contribution in [3.63, 3.8) is 0 Å². The molecule has 0 saturated carbocycles. The predicted octanol–water partition coefficient (Wildman–Crippen LogP) is 8.95. The summed E-state index contributed by atoms with van der Waals surface area (Å²) in [7, 11) is 1.69. The SMILES string of the molecule is COc1cc2c(oc3ccc(-c4cccc(-c5ccc6oc7sccc7c6c5)c4)cc32)s1. The average molecular weight is 453 g/mol. The predicted molar refractivity (Wildman–Crippen MR) is 134 cm³/mol. The van der Waals surface area contributed by atoms with Crippen LogP contribution >= 0.6 is 22.7 Å². The van der Waals surface area contributed by atoms with Crippen molar-refractivity contribution < 1.29 is 13.6 Å². The fourth-order valence-electron chi connectivity index (χ4n) is 4.39. The molecule has 0 amide bonds. The van der Waals surface area contributed by atoms with Gasteiger partial charge in [0.15, 0.2) is 14.9 Å². The topological polar surface area (TPSA) is 35.5 Å². The van der Waals surface area contributed by atoms with E-state index in [9.17, 15) is 0 Å². The molecular formula is C27H16O3S2. The molecular weight excluding hydrogens is 436 g/mol. The number of furan rings is 2. The third kappa shape index (κ3) is 2.65. The molecule has 3 aromatic carbocycles. The normalized spacial score (nSPS) is 11.9. The number of methoxy groups -OCH3 is 1. The van der Waals surface area contributed by atoms with Gasteiger partial charge < -0.3 is 13.6 Å². The van der Waals surface area contributed by atoms with Crippen LogP contribution in [0.3, 0.4) is 0 Å². The van der Waals surface area contributed by atoms with Crippen LogP contribution in [0.15, 0.2) is 87.0 Å². The van der Waals surface area contributed by atoms with Crippen LogP contribution in [0.5, 0.6) is 5.06 Å². The van der Waals surface area contributed by atoms with E-state index in [0.717, 1.165) is 47.7 Å². The van der Waals surface area contributed by atoms with Crippen molar-refractivity contribution in [3.05, 3.63) is 78.2 Å². The summed E-state index contributed by atoms with van der Waals surface area (Å²) in [6.07, 6.45) is 0. The van der Waals surface area contributed by atoms with E-state index in [2.05, 4.69) is 78.2 Å². The zero-order valence-electron chi connectivity index (χ0n) is 17.0. The zero-order valence-corrected chi connectivity index (χ0v) is 18.7. The maximum atomic E-state index is 6.01. The highest BCUT2D eigenvalue weighted by Crippen LogP contribution is 2.40. The Labute approximate surface area is 191 Å². The highest BCUT2D eigenvalue weighted by atomic mass is 32.1. The van der Waals surface area contributed by atoms with Crippen molar-refractivity contribution in [2.24, 2.45) is 0 Å². The smallest absolute Gasteiger partial charge is 0.192 e. The molecule has 154 valence electrons. The monoisotopic (exact) mass is 452 g/mol. The third-order valence-corrected chi connectivity index (χ3v) is 7.74. The van der Waals surface area contributed by atoms with Gasteiger partial charge in [-0.15, -0.1) is 11.3 Å². The average Bonchev–Trinajstić information content (AvgIpc) is 3.58. The molecule has 4 heterocycles. The van der Waals surface area contributed by atoms with Gasteiger partial charge >= 0.3 is 0 Å². The highest BCUT2D eigenvalue weighted by molar-refractivity contribution is 7.20. The second-order valence-electron chi connectivity index (χ2n) is 7.80. The Hall–Kier alpha value is -3.54. The lowest BCUT2D eigenvalue weighted by molar-refractivity contribution is 0.427. The largest absolute Gasteiger partial charge is 0.487 e. The van der Waals surface area contributed by atoms with Gasteiger partial charge in [0.25, 0.3) is 0 Å². The van der Waals surface area contributed by atoms with Crippen LogP contribution in [0.2, 0.25) is 0 Å². The van der Waals surface area contributed by atoms with Crippen LogP contribution in [-0.2, 0) is 0 Å². The van der Waals surface area contributed by atoms with Gasteiger partial charge in [-0.05, 0) is 64.0 Å². The lowest BCUT2D eigenvalue weighted by Gasteiger charge is -2.07.